The van der Waals surface area contributed by atoms with Crippen LogP contribution < -0.4 is 4.57 Å². The number of aromatic nitrogens is 1. The molecule has 3 aliphatic carbocycles. The molecule has 1 aromatic carbocycles. The average molecular weight is 314 g/mol. The first-order valence-corrected chi connectivity index (χ1v) is 10.0. The summed E-state index contributed by atoms with van der Waals surface area (Å²) in [7, 11) is 0. The average Bonchev–Trinajstić information content (AvgIpc) is 3.35. The van der Waals surface area contributed by atoms with E-state index < -0.39 is 0 Å². The van der Waals surface area contributed by atoms with E-state index in [4.69, 9.17) is 0 Å². The van der Waals surface area contributed by atoms with E-state index in [1.807, 2.05) is 0 Å². The predicted octanol–water partition coefficient (Wildman–Crippen LogP) is 4.29. The van der Waals surface area contributed by atoms with Gasteiger partial charge in [-0.05, 0) is 49.1 Å². The van der Waals surface area contributed by atoms with Crippen LogP contribution in [-0.2, 0) is 12.0 Å². The van der Waals surface area contributed by atoms with Gasteiger partial charge in [-0.3, -0.25) is 0 Å². The maximum atomic E-state index is 2.90. The first kappa shape index (κ1) is 12.7. The maximum Gasteiger partial charge on any atom is 0.201 e. The van der Waals surface area contributed by atoms with E-state index in [9.17, 15) is 0 Å². The van der Waals surface area contributed by atoms with Crippen LogP contribution in [0.5, 0.6) is 0 Å². The van der Waals surface area contributed by atoms with Crippen molar-refractivity contribution in [2.45, 2.75) is 55.9 Å². The van der Waals surface area contributed by atoms with E-state index in [0.717, 1.165) is 29.6 Å². The number of rotatable bonds is 0. The summed E-state index contributed by atoms with van der Waals surface area (Å²) in [5.41, 5.74) is 7.06. The summed E-state index contributed by atoms with van der Waals surface area (Å²) in [6, 6.07) is 16.8. The standard InChI is InChI=1S/C23H24N/c1-2-8-19-16(6-1)17-12-11-14-13-15-5-3-10-21-18-7-4-9-20(18)23(19,22(14)17)24(15)21/h1-3,5-6,8,10,14,17-18,20,22H,4,7,9,11-13H2/q+1. The molecular weight excluding hydrogens is 290 g/mol. The molecule has 2 aromatic rings. The summed E-state index contributed by atoms with van der Waals surface area (Å²) in [5, 5.41) is 0. The quantitative estimate of drug-likeness (QED) is 0.639. The number of benzene rings is 1. The third-order valence-corrected chi connectivity index (χ3v) is 8.49. The van der Waals surface area contributed by atoms with Crippen LogP contribution >= 0.6 is 0 Å². The van der Waals surface area contributed by atoms with Gasteiger partial charge in [-0.25, -0.2) is 0 Å². The van der Waals surface area contributed by atoms with Crippen LogP contribution in [-0.4, -0.2) is 0 Å². The Morgan fingerprint density at radius 3 is 2.83 bits per heavy atom. The van der Waals surface area contributed by atoms with Gasteiger partial charge >= 0.3 is 0 Å². The zero-order chi connectivity index (χ0) is 15.5. The highest BCUT2D eigenvalue weighted by Crippen LogP contribution is 2.68. The second-order valence-corrected chi connectivity index (χ2v) is 9.01. The van der Waals surface area contributed by atoms with Crippen molar-refractivity contribution >= 4 is 0 Å². The van der Waals surface area contributed by atoms with Crippen LogP contribution in [0, 0.1) is 17.8 Å². The highest BCUT2D eigenvalue weighted by molar-refractivity contribution is 5.47. The van der Waals surface area contributed by atoms with Crippen LogP contribution in [0.3, 0.4) is 0 Å². The number of pyridine rings is 1. The minimum atomic E-state index is 0.313. The topological polar surface area (TPSA) is 3.88 Å². The van der Waals surface area contributed by atoms with Gasteiger partial charge in [-0.2, -0.15) is 4.57 Å². The van der Waals surface area contributed by atoms with Crippen LogP contribution in [0.1, 0.15) is 66.5 Å². The number of nitrogens with zero attached hydrogens (tertiary/aromatic N) is 1. The van der Waals surface area contributed by atoms with Crippen LogP contribution in [0.15, 0.2) is 42.5 Å². The summed E-state index contributed by atoms with van der Waals surface area (Å²) in [6.45, 7) is 0. The molecule has 1 nitrogen and oxygen atoms in total. The summed E-state index contributed by atoms with van der Waals surface area (Å²) >= 11 is 0. The second-order valence-electron chi connectivity index (χ2n) is 9.01. The Labute approximate surface area is 143 Å². The molecule has 0 amide bonds. The lowest BCUT2D eigenvalue weighted by atomic mass is 9.65. The Bertz CT molecular complexity index is 883. The van der Waals surface area contributed by atoms with E-state index in [1.165, 1.54) is 38.5 Å². The fourth-order valence-electron chi connectivity index (χ4n) is 8.15. The molecule has 3 heterocycles. The Kier molecular flexibility index (Phi) is 2.09. The molecule has 120 valence electrons. The highest BCUT2D eigenvalue weighted by atomic mass is 15.2. The van der Waals surface area contributed by atoms with Gasteiger partial charge in [-0.1, -0.05) is 30.7 Å². The molecule has 2 fully saturated rings. The van der Waals surface area contributed by atoms with Crippen LogP contribution in [0.25, 0.3) is 0 Å². The Morgan fingerprint density at radius 1 is 0.875 bits per heavy atom. The van der Waals surface area contributed by atoms with Gasteiger partial charge in [0.25, 0.3) is 0 Å². The van der Waals surface area contributed by atoms with Gasteiger partial charge in [0.15, 0.2) is 11.4 Å². The number of hydrogen-bond donors (Lipinski definition) is 0. The van der Waals surface area contributed by atoms with Gasteiger partial charge in [-0.15, -0.1) is 0 Å². The zero-order valence-corrected chi connectivity index (χ0v) is 14.1. The molecule has 1 heteroatoms. The number of hydrogen-bond acceptors (Lipinski definition) is 0. The third-order valence-electron chi connectivity index (χ3n) is 8.49. The van der Waals surface area contributed by atoms with Gasteiger partial charge in [0.05, 0.1) is 5.92 Å². The molecule has 1 aromatic heterocycles. The molecule has 2 saturated carbocycles. The van der Waals surface area contributed by atoms with Crippen LogP contribution in [0.4, 0.5) is 0 Å². The molecule has 5 aliphatic rings. The fourth-order valence-corrected chi connectivity index (χ4v) is 8.15. The predicted molar refractivity (Wildman–Crippen MR) is 92.9 cm³/mol. The SMILES string of the molecule is c1ccc2c(c1)C1CCC3Cc4cccc5[n+]4C2(C2CCCC52)C31. The highest BCUT2D eigenvalue weighted by Gasteiger charge is 2.74. The summed E-state index contributed by atoms with van der Waals surface area (Å²) in [4.78, 5) is 0. The molecule has 0 N–H and O–H groups in total. The Morgan fingerprint density at radius 2 is 1.83 bits per heavy atom. The normalized spacial score (nSPS) is 42.6. The fraction of sp³-hybridized carbons (Fsp3) is 0.522. The third kappa shape index (κ3) is 1.13. The van der Waals surface area contributed by atoms with Crippen molar-refractivity contribution in [1.82, 2.24) is 0 Å². The van der Waals surface area contributed by atoms with E-state index in [-0.39, 0.29) is 0 Å². The lowest BCUT2D eigenvalue weighted by Crippen LogP contribution is -2.66. The van der Waals surface area contributed by atoms with Crippen LogP contribution in [0.2, 0.25) is 0 Å². The summed E-state index contributed by atoms with van der Waals surface area (Å²) < 4.78 is 2.90. The minimum Gasteiger partial charge on any atom is -0.189 e. The maximum absolute atomic E-state index is 2.90. The monoisotopic (exact) mass is 314 g/mol. The lowest BCUT2D eigenvalue weighted by Gasteiger charge is -2.40. The second kappa shape index (κ2) is 3.95. The summed E-state index contributed by atoms with van der Waals surface area (Å²) in [5.74, 6) is 4.30. The van der Waals surface area contributed by atoms with Crippen molar-refractivity contribution in [3.63, 3.8) is 0 Å². The van der Waals surface area contributed by atoms with Gasteiger partial charge in [0.2, 0.25) is 5.54 Å². The van der Waals surface area contributed by atoms with Gasteiger partial charge in [0, 0.05) is 36.0 Å². The molecule has 24 heavy (non-hydrogen) atoms. The molecule has 7 rings (SSSR count). The molecule has 0 bridgehead atoms. The smallest absolute Gasteiger partial charge is 0.189 e. The van der Waals surface area contributed by atoms with E-state index >= 15 is 0 Å². The Balaban J connectivity index is 1.66. The first-order chi connectivity index (χ1) is 11.9. The Hall–Kier alpha value is -1.63. The molecule has 1 spiro atoms. The van der Waals surface area contributed by atoms with Gasteiger partial charge in [0.1, 0.15) is 0 Å². The molecule has 6 unspecified atom stereocenters. The largest absolute Gasteiger partial charge is 0.201 e. The molecule has 0 radical (unpaired) electrons. The molecule has 2 aliphatic heterocycles. The summed E-state index contributed by atoms with van der Waals surface area (Å²) in [6.07, 6.45) is 8.49. The van der Waals surface area contributed by atoms with Crippen molar-refractivity contribution in [2.24, 2.45) is 17.8 Å². The molecule has 0 saturated heterocycles. The zero-order valence-electron chi connectivity index (χ0n) is 14.1. The van der Waals surface area contributed by atoms with E-state index in [1.54, 1.807) is 22.5 Å². The lowest BCUT2D eigenvalue weighted by molar-refractivity contribution is -0.773. The van der Waals surface area contributed by atoms with Crippen molar-refractivity contribution in [3.8, 4) is 0 Å². The van der Waals surface area contributed by atoms with Crippen molar-refractivity contribution in [1.29, 1.82) is 0 Å². The first-order valence-electron chi connectivity index (χ1n) is 10.0. The number of fused-ring (bicyclic) bond motifs is 4. The van der Waals surface area contributed by atoms with Crippen molar-refractivity contribution in [3.05, 3.63) is 65.0 Å². The van der Waals surface area contributed by atoms with Gasteiger partial charge < -0.3 is 0 Å². The minimum absolute atomic E-state index is 0.313. The molecule has 6 atom stereocenters. The van der Waals surface area contributed by atoms with Crippen molar-refractivity contribution < 1.29 is 4.57 Å². The molecular formula is C23H24N+. The van der Waals surface area contributed by atoms with Crippen molar-refractivity contribution in [2.75, 3.05) is 0 Å². The van der Waals surface area contributed by atoms with E-state index in [0.29, 0.717) is 5.54 Å². The van der Waals surface area contributed by atoms with E-state index in [2.05, 4.69) is 47.0 Å².